The first-order valence-electron chi connectivity index (χ1n) is 8.77. The van der Waals surface area contributed by atoms with E-state index in [0.717, 1.165) is 51.3 Å². The van der Waals surface area contributed by atoms with E-state index < -0.39 is 11.6 Å². The van der Waals surface area contributed by atoms with Crippen LogP contribution in [-0.4, -0.2) is 54.5 Å². The smallest absolute Gasteiger partial charge is 0.241 e. The molecule has 0 saturated carbocycles. The number of piperazine rings is 1. The highest BCUT2D eigenvalue weighted by Gasteiger charge is 2.25. The third-order valence-corrected chi connectivity index (χ3v) is 5.71. The molecule has 2 heterocycles. The van der Waals surface area contributed by atoms with Crippen molar-refractivity contribution in [3.8, 4) is 0 Å². The predicted octanol–water partition coefficient (Wildman–Crippen LogP) is 3.21. The molecule has 3 rings (SSSR count). The summed E-state index contributed by atoms with van der Waals surface area (Å²) in [5.74, 6) is -2.09. The zero-order valence-corrected chi connectivity index (χ0v) is 15.6. The first kappa shape index (κ1) is 18.9. The number of nitrogens with one attached hydrogen (secondary N) is 1. The van der Waals surface area contributed by atoms with Gasteiger partial charge in [-0.05, 0) is 36.9 Å². The van der Waals surface area contributed by atoms with Gasteiger partial charge in [-0.25, -0.2) is 8.78 Å². The number of rotatable bonds is 6. The topological polar surface area (TPSA) is 35.6 Å². The number of anilines is 1. The van der Waals surface area contributed by atoms with Crippen LogP contribution in [0, 0.1) is 11.6 Å². The van der Waals surface area contributed by atoms with Crippen LogP contribution >= 0.6 is 11.3 Å². The molecule has 26 heavy (non-hydrogen) atoms. The summed E-state index contributed by atoms with van der Waals surface area (Å²) in [6.45, 7) is 6.36. The second-order valence-electron chi connectivity index (χ2n) is 6.50. The molecule has 1 aliphatic rings. The molecule has 0 aliphatic carbocycles. The fourth-order valence-electron chi connectivity index (χ4n) is 3.08. The van der Waals surface area contributed by atoms with Crippen molar-refractivity contribution in [1.82, 2.24) is 9.80 Å². The van der Waals surface area contributed by atoms with Gasteiger partial charge in [-0.3, -0.25) is 9.69 Å². The van der Waals surface area contributed by atoms with Crippen molar-refractivity contribution in [2.75, 3.05) is 38.0 Å². The van der Waals surface area contributed by atoms with Gasteiger partial charge in [-0.1, -0.05) is 6.07 Å². The van der Waals surface area contributed by atoms with Crippen LogP contribution in [0.15, 0.2) is 35.7 Å². The minimum absolute atomic E-state index is 0.206. The molecule has 4 nitrogen and oxygen atoms in total. The Kier molecular flexibility index (Phi) is 6.34. The van der Waals surface area contributed by atoms with Gasteiger partial charge >= 0.3 is 0 Å². The second kappa shape index (κ2) is 8.70. The van der Waals surface area contributed by atoms with Crippen molar-refractivity contribution in [3.05, 3.63) is 52.2 Å². The van der Waals surface area contributed by atoms with Crippen LogP contribution in [0.4, 0.5) is 14.5 Å². The van der Waals surface area contributed by atoms with Gasteiger partial charge in [0.15, 0.2) is 11.6 Å². The average molecular weight is 379 g/mol. The third-order valence-electron chi connectivity index (χ3n) is 4.78. The van der Waals surface area contributed by atoms with Crippen LogP contribution in [0.5, 0.6) is 0 Å². The first-order valence-corrected chi connectivity index (χ1v) is 9.65. The number of benzene rings is 1. The molecule has 1 saturated heterocycles. The zero-order chi connectivity index (χ0) is 18.5. The summed E-state index contributed by atoms with van der Waals surface area (Å²) in [6, 6.07) is 7.30. The molecule has 0 bridgehead atoms. The van der Waals surface area contributed by atoms with Gasteiger partial charge in [-0.2, -0.15) is 0 Å². The lowest BCUT2D eigenvalue weighted by Gasteiger charge is -2.37. The lowest BCUT2D eigenvalue weighted by atomic mass is 10.2. The van der Waals surface area contributed by atoms with Gasteiger partial charge in [0.1, 0.15) is 0 Å². The molecule has 1 amide bonds. The molecular weight excluding hydrogens is 356 g/mol. The Labute approximate surface area is 156 Å². The summed E-state index contributed by atoms with van der Waals surface area (Å²) < 4.78 is 26.2. The molecule has 1 aliphatic heterocycles. The standard InChI is InChI=1S/C19H23F2N3OS/c1-14(19(25)22-15-4-5-17(20)18(21)13-15)24-10-8-23(9-11-24)7-6-16-3-2-12-26-16/h2-5,12-14H,6-11H2,1H3,(H,22,25). The number of carbonyl (C=O) groups excluding carboxylic acids is 1. The van der Waals surface area contributed by atoms with Crippen molar-refractivity contribution in [2.45, 2.75) is 19.4 Å². The lowest BCUT2D eigenvalue weighted by Crippen LogP contribution is -2.53. The van der Waals surface area contributed by atoms with E-state index >= 15 is 0 Å². The Morgan fingerprint density at radius 1 is 1.19 bits per heavy atom. The van der Waals surface area contributed by atoms with Crippen molar-refractivity contribution < 1.29 is 13.6 Å². The maximum Gasteiger partial charge on any atom is 0.241 e. The van der Waals surface area contributed by atoms with Crippen LogP contribution < -0.4 is 5.32 Å². The normalized spacial score (nSPS) is 17.2. The van der Waals surface area contributed by atoms with Crippen LogP contribution in [0.1, 0.15) is 11.8 Å². The van der Waals surface area contributed by atoms with E-state index in [-0.39, 0.29) is 17.6 Å². The molecule has 1 fully saturated rings. The summed E-state index contributed by atoms with van der Waals surface area (Å²) in [5, 5.41) is 4.76. The quantitative estimate of drug-likeness (QED) is 0.837. The number of halogens is 2. The van der Waals surface area contributed by atoms with Gasteiger partial charge in [0, 0.05) is 49.4 Å². The fraction of sp³-hybridized carbons (Fsp3) is 0.421. The molecular formula is C19H23F2N3OS. The summed E-state index contributed by atoms with van der Waals surface area (Å²) in [6.07, 6.45) is 1.06. The number of hydrogen-bond acceptors (Lipinski definition) is 4. The number of nitrogens with zero attached hydrogens (tertiary/aromatic N) is 2. The Morgan fingerprint density at radius 2 is 1.96 bits per heavy atom. The first-order chi connectivity index (χ1) is 12.5. The second-order valence-corrected chi connectivity index (χ2v) is 7.53. The highest BCUT2D eigenvalue weighted by atomic mass is 32.1. The maximum absolute atomic E-state index is 13.3. The highest BCUT2D eigenvalue weighted by molar-refractivity contribution is 7.09. The molecule has 1 aromatic carbocycles. The van der Waals surface area contributed by atoms with Gasteiger partial charge in [0.05, 0.1) is 6.04 Å². The average Bonchev–Trinajstić information content (AvgIpc) is 3.16. The Hall–Kier alpha value is -1.83. The zero-order valence-electron chi connectivity index (χ0n) is 14.8. The Morgan fingerprint density at radius 3 is 2.62 bits per heavy atom. The fourth-order valence-corrected chi connectivity index (χ4v) is 3.78. The number of carbonyl (C=O) groups is 1. The van der Waals surface area contributed by atoms with Crippen LogP contribution in [0.3, 0.4) is 0 Å². The van der Waals surface area contributed by atoms with E-state index in [0.29, 0.717) is 0 Å². The minimum Gasteiger partial charge on any atom is -0.325 e. The third kappa shape index (κ3) is 4.87. The SMILES string of the molecule is CC(C(=O)Nc1ccc(F)c(F)c1)N1CCN(CCc2cccs2)CC1. The monoisotopic (exact) mass is 379 g/mol. The van der Waals surface area contributed by atoms with Crippen LogP contribution in [0.25, 0.3) is 0 Å². The largest absolute Gasteiger partial charge is 0.325 e. The van der Waals surface area contributed by atoms with Crippen molar-refractivity contribution >= 4 is 22.9 Å². The number of amides is 1. The molecule has 1 N–H and O–H groups in total. The van der Waals surface area contributed by atoms with E-state index in [1.54, 1.807) is 11.3 Å². The maximum atomic E-state index is 13.3. The van der Waals surface area contributed by atoms with Gasteiger partial charge in [0.2, 0.25) is 5.91 Å². The van der Waals surface area contributed by atoms with E-state index in [1.165, 1.54) is 10.9 Å². The molecule has 0 spiro atoms. The Bertz CT molecular complexity index is 730. The van der Waals surface area contributed by atoms with Crippen molar-refractivity contribution in [1.29, 1.82) is 0 Å². The Balaban J connectivity index is 1.45. The van der Waals surface area contributed by atoms with Gasteiger partial charge in [-0.15, -0.1) is 11.3 Å². The van der Waals surface area contributed by atoms with Crippen molar-refractivity contribution in [2.24, 2.45) is 0 Å². The van der Waals surface area contributed by atoms with Gasteiger partial charge < -0.3 is 10.2 Å². The van der Waals surface area contributed by atoms with E-state index in [4.69, 9.17) is 0 Å². The molecule has 1 atom stereocenters. The summed E-state index contributed by atoms with van der Waals surface area (Å²) in [5.41, 5.74) is 0.273. The summed E-state index contributed by atoms with van der Waals surface area (Å²) in [4.78, 5) is 18.3. The highest BCUT2D eigenvalue weighted by Crippen LogP contribution is 2.15. The molecule has 0 radical (unpaired) electrons. The van der Waals surface area contributed by atoms with Crippen LogP contribution in [-0.2, 0) is 11.2 Å². The molecule has 1 unspecified atom stereocenters. The summed E-state index contributed by atoms with van der Waals surface area (Å²) >= 11 is 1.78. The molecule has 1 aromatic heterocycles. The predicted molar refractivity (Wildman–Crippen MR) is 100 cm³/mol. The lowest BCUT2D eigenvalue weighted by molar-refractivity contribution is -0.121. The van der Waals surface area contributed by atoms with E-state index in [9.17, 15) is 13.6 Å². The number of thiophene rings is 1. The molecule has 7 heteroatoms. The van der Waals surface area contributed by atoms with Crippen LogP contribution in [0.2, 0.25) is 0 Å². The van der Waals surface area contributed by atoms with Crippen molar-refractivity contribution in [3.63, 3.8) is 0 Å². The van der Waals surface area contributed by atoms with Gasteiger partial charge in [0.25, 0.3) is 0 Å². The molecule has 2 aromatic rings. The minimum atomic E-state index is -0.963. The number of hydrogen-bond donors (Lipinski definition) is 1. The molecule has 140 valence electrons. The summed E-state index contributed by atoms with van der Waals surface area (Å²) in [7, 11) is 0. The van der Waals surface area contributed by atoms with E-state index in [1.807, 2.05) is 6.92 Å². The van der Waals surface area contributed by atoms with E-state index in [2.05, 4.69) is 32.6 Å².